The number of aliphatic imine (C=N–C) groups is 1. The lowest BCUT2D eigenvalue weighted by atomic mass is 10.1. The Morgan fingerprint density at radius 2 is 1.91 bits per heavy atom. The molecule has 1 N–H and O–H groups in total. The first-order chi connectivity index (χ1) is 10.6. The number of pyridine rings is 1. The summed E-state index contributed by atoms with van der Waals surface area (Å²) in [5, 5.41) is 10.0. The Morgan fingerprint density at radius 3 is 2.64 bits per heavy atom. The number of rotatable bonds is 3. The van der Waals surface area contributed by atoms with E-state index < -0.39 is 5.97 Å². The molecule has 0 spiro atoms. The van der Waals surface area contributed by atoms with Gasteiger partial charge >= 0.3 is 5.97 Å². The van der Waals surface area contributed by atoms with Gasteiger partial charge in [-0.2, -0.15) is 0 Å². The number of carboxylic acid groups (broad SMARTS) is 1. The highest BCUT2D eigenvalue weighted by Gasteiger charge is 2.04. The highest BCUT2D eigenvalue weighted by atomic mass is 16.4. The molecule has 4 heteroatoms. The van der Waals surface area contributed by atoms with E-state index in [1.54, 1.807) is 30.5 Å². The average molecular weight is 291 g/mol. The normalized spacial score (nSPS) is 11.1. The molecule has 0 amide bonds. The molecule has 108 valence electrons. The van der Waals surface area contributed by atoms with E-state index in [4.69, 9.17) is 5.11 Å². The van der Waals surface area contributed by atoms with Gasteiger partial charge in [-0.25, -0.2) is 9.36 Å². The van der Waals surface area contributed by atoms with E-state index in [0.29, 0.717) is 0 Å². The van der Waals surface area contributed by atoms with Crippen LogP contribution in [0.1, 0.15) is 15.9 Å². The number of nitrogens with zero attached hydrogens (tertiary/aromatic N) is 2. The summed E-state index contributed by atoms with van der Waals surface area (Å²) in [6.07, 6.45) is 3.79. The lowest BCUT2D eigenvalue weighted by molar-refractivity contribution is -0.644. The first-order valence-electron chi connectivity index (χ1n) is 6.89. The van der Waals surface area contributed by atoms with Crippen LogP contribution in [0.4, 0.5) is 5.69 Å². The van der Waals surface area contributed by atoms with Crippen LogP contribution >= 0.6 is 0 Å². The molecule has 0 bridgehead atoms. The van der Waals surface area contributed by atoms with E-state index in [2.05, 4.69) is 27.8 Å². The summed E-state index contributed by atoms with van der Waals surface area (Å²) < 4.78 is 2.06. The van der Waals surface area contributed by atoms with E-state index in [-0.39, 0.29) is 5.56 Å². The molecule has 0 radical (unpaired) electrons. The highest BCUT2D eigenvalue weighted by Crippen LogP contribution is 2.15. The number of hydrogen-bond acceptors (Lipinski definition) is 2. The van der Waals surface area contributed by atoms with E-state index in [9.17, 15) is 4.79 Å². The van der Waals surface area contributed by atoms with Crippen LogP contribution < -0.4 is 4.57 Å². The van der Waals surface area contributed by atoms with Gasteiger partial charge in [0.25, 0.3) is 0 Å². The van der Waals surface area contributed by atoms with Crippen molar-refractivity contribution in [3.8, 4) is 0 Å². The van der Waals surface area contributed by atoms with E-state index >= 15 is 0 Å². The molecular weight excluding hydrogens is 276 g/mol. The molecule has 0 aliphatic heterocycles. The van der Waals surface area contributed by atoms with Crippen molar-refractivity contribution in [3.05, 3.63) is 71.9 Å². The summed E-state index contributed by atoms with van der Waals surface area (Å²) in [6, 6.07) is 16.7. The van der Waals surface area contributed by atoms with Crippen LogP contribution in [0.15, 0.2) is 65.8 Å². The highest BCUT2D eigenvalue weighted by molar-refractivity contribution is 5.89. The van der Waals surface area contributed by atoms with Crippen LogP contribution in [0.5, 0.6) is 0 Å². The number of hydrogen-bond donors (Lipinski definition) is 1. The zero-order valence-corrected chi connectivity index (χ0v) is 12.1. The van der Waals surface area contributed by atoms with Gasteiger partial charge < -0.3 is 5.11 Å². The SMILES string of the molecule is C[n+]1cccc2ccc(C=Nc3ccc(C(=O)O)cc3)cc21. The molecule has 4 nitrogen and oxygen atoms in total. The standard InChI is InChI=1S/C18H14N2O2/c1-20-10-2-3-14-5-4-13(11-17(14)20)12-19-16-8-6-15(7-9-16)18(21)22/h2-12H,1H3/p+1. The zero-order valence-electron chi connectivity index (χ0n) is 12.1. The second-order valence-corrected chi connectivity index (χ2v) is 5.05. The molecule has 0 saturated heterocycles. The number of aromatic nitrogens is 1. The van der Waals surface area contributed by atoms with Crippen LogP contribution in [-0.4, -0.2) is 17.3 Å². The Kier molecular flexibility index (Phi) is 3.66. The topological polar surface area (TPSA) is 53.5 Å². The maximum Gasteiger partial charge on any atom is 0.335 e. The molecule has 22 heavy (non-hydrogen) atoms. The molecular formula is C18H15N2O2+. The smallest absolute Gasteiger partial charge is 0.335 e. The number of aryl methyl sites for hydroxylation is 1. The van der Waals surface area contributed by atoms with Gasteiger partial charge in [0.2, 0.25) is 5.52 Å². The first-order valence-corrected chi connectivity index (χ1v) is 6.89. The maximum atomic E-state index is 10.8. The molecule has 0 aliphatic carbocycles. The number of carbonyl (C=O) groups is 1. The van der Waals surface area contributed by atoms with Gasteiger partial charge in [-0.05, 0) is 42.0 Å². The van der Waals surface area contributed by atoms with Gasteiger partial charge in [0.1, 0.15) is 7.05 Å². The Hall–Kier alpha value is -3.01. The van der Waals surface area contributed by atoms with Crippen molar-refractivity contribution in [2.24, 2.45) is 12.0 Å². The first kappa shape index (κ1) is 13.9. The largest absolute Gasteiger partial charge is 0.478 e. The molecule has 1 aromatic heterocycles. The second-order valence-electron chi connectivity index (χ2n) is 5.05. The van der Waals surface area contributed by atoms with Crippen LogP contribution in [0, 0.1) is 0 Å². The Morgan fingerprint density at radius 1 is 1.14 bits per heavy atom. The molecule has 0 aliphatic rings. The summed E-state index contributed by atoms with van der Waals surface area (Å²) in [5.41, 5.74) is 3.11. The fourth-order valence-electron chi connectivity index (χ4n) is 2.28. The summed E-state index contributed by atoms with van der Waals surface area (Å²) >= 11 is 0. The van der Waals surface area contributed by atoms with Crippen molar-refractivity contribution in [3.63, 3.8) is 0 Å². The van der Waals surface area contributed by atoms with Gasteiger partial charge in [0, 0.05) is 23.7 Å². The quantitative estimate of drug-likeness (QED) is 0.595. The minimum atomic E-state index is -0.933. The van der Waals surface area contributed by atoms with Crippen molar-refractivity contribution in [1.82, 2.24) is 0 Å². The summed E-state index contributed by atoms with van der Waals surface area (Å²) in [4.78, 5) is 15.2. The fraction of sp³-hybridized carbons (Fsp3) is 0.0556. The van der Waals surface area contributed by atoms with Crippen LogP contribution in [0.25, 0.3) is 10.9 Å². The third kappa shape index (κ3) is 2.86. The summed E-state index contributed by atoms with van der Waals surface area (Å²) in [6.45, 7) is 0. The fourth-order valence-corrected chi connectivity index (χ4v) is 2.28. The lowest BCUT2D eigenvalue weighted by Crippen LogP contribution is -2.27. The third-order valence-electron chi connectivity index (χ3n) is 3.50. The van der Waals surface area contributed by atoms with Crippen LogP contribution in [0.3, 0.4) is 0 Å². The molecule has 3 aromatic rings. The van der Waals surface area contributed by atoms with E-state index in [1.165, 1.54) is 5.39 Å². The van der Waals surface area contributed by atoms with E-state index in [1.807, 2.05) is 25.4 Å². The van der Waals surface area contributed by atoms with Crippen LogP contribution in [0.2, 0.25) is 0 Å². The van der Waals surface area contributed by atoms with Gasteiger partial charge in [-0.3, -0.25) is 4.99 Å². The van der Waals surface area contributed by atoms with Gasteiger partial charge in [0.05, 0.1) is 11.3 Å². The molecule has 0 atom stereocenters. The molecule has 0 unspecified atom stereocenters. The summed E-state index contributed by atoms with van der Waals surface area (Å²) in [7, 11) is 2.01. The minimum absolute atomic E-state index is 0.261. The number of carboxylic acids is 1. The number of aromatic carboxylic acids is 1. The van der Waals surface area contributed by atoms with Gasteiger partial charge in [0.15, 0.2) is 6.20 Å². The molecule has 1 heterocycles. The van der Waals surface area contributed by atoms with Crippen molar-refractivity contribution in [2.75, 3.05) is 0 Å². The Labute approximate surface area is 128 Å². The van der Waals surface area contributed by atoms with Crippen molar-refractivity contribution in [2.45, 2.75) is 0 Å². The third-order valence-corrected chi connectivity index (χ3v) is 3.50. The van der Waals surface area contributed by atoms with Crippen molar-refractivity contribution >= 4 is 28.8 Å². The van der Waals surface area contributed by atoms with Crippen LogP contribution in [-0.2, 0) is 7.05 Å². The van der Waals surface area contributed by atoms with Crippen molar-refractivity contribution in [1.29, 1.82) is 0 Å². The second kappa shape index (κ2) is 5.77. The lowest BCUT2D eigenvalue weighted by Gasteiger charge is -1.99. The molecule has 0 saturated carbocycles. The van der Waals surface area contributed by atoms with E-state index in [0.717, 1.165) is 16.8 Å². The predicted molar refractivity (Wildman–Crippen MR) is 85.8 cm³/mol. The summed E-state index contributed by atoms with van der Waals surface area (Å²) in [5.74, 6) is -0.933. The number of benzene rings is 2. The average Bonchev–Trinajstić information content (AvgIpc) is 2.54. The minimum Gasteiger partial charge on any atom is -0.478 e. The monoisotopic (exact) mass is 291 g/mol. The van der Waals surface area contributed by atoms with Gasteiger partial charge in [-0.1, -0.05) is 6.07 Å². The Balaban J connectivity index is 1.88. The molecule has 3 rings (SSSR count). The van der Waals surface area contributed by atoms with Gasteiger partial charge in [-0.15, -0.1) is 0 Å². The maximum absolute atomic E-state index is 10.8. The predicted octanol–water partition coefficient (Wildman–Crippen LogP) is 3.11. The molecule has 2 aromatic carbocycles. The Bertz CT molecular complexity index is 868. The number of fused-ring (bicyclic) bond motifs is 1. The molecule has 0 fully saturated rings. The van der Waals surface area contributed by atoms with Crippen molar-refractivity contribution < 1.29 is 14.5 Å². The zero-order chi connectivity index (χ0) is 15.5.